The highest BCUT2D eigenvalue weighted by molar-refractivity contribution is 5.66. The molecule has 2 rings (SSSR count). The Morgan fingerprint density at radius 1 is 1.33 bits per heavy atom. The molecule has 1 fully saturated rings. The Morgan fingerprint density at radius 3 is 2.56 bits per heavy atom. The standard InChI is InChI=1S/C12H20N4O2/c1-14-5-3-13-11(14)10-16-8-6-15(7-9-16)4-2-12(17)18/h3,5H,2,4,6-10H2,1H3,(H,17,18). The van der Waals surface area contributed by atoms with Gasteiger partial charge in [-0.15, -0.1) is 0 Å². The molecule has 1 aromatic rings. The number of carboxylic acid groups (broad SMARTS) is 1. The summed E-state index contributed by atoms with van der Waals surface area (Å²) < 4.78 is 2.04. The van der Waals surface area contributed by atoms with Crippen molar-refractivity contribution in [1.82, 2.24) is 19.4 Å². The Morgan fingerprint density at radius 2 is 2.00 bits per heavy atom. The summed E-state index contributed by atoms with van der Waals surface area (Å²) in [5, 5.41) is 8.65. The van der Waals surface area contributed by atoms with Crippen LogP contribution in [0.25, 0.3) is 0 Å². The lowest BCUT2D eigenvalue weighted by atomic mass is 10.3. The van der Waals surface area contributed by atoms with Crippen molar-refractivity contribution in [2.45, 2.75) is 13.0 Å². The van der Waals surface area contributed by atoms with Gasteiger partial charge in [-0.2, -0.15) is 0 Å². The van der Waals surface area contributed by atoms with E-state index in [-0.39, 0.29) is 6.42 Å². The van der Waals surface area contributed by atoms with Crippen molar-refractivity contribution >= 4 is 5.97 Å². The van der Waals surface area contributed by atoms with Gasteiger partial charge >= 0.3 is 5.97 Å². The maximum atomic E-state index is 10.5. The first kappa shape index (κ1) is 13.0. The number of hydrogen-bond acceptors (Lipinski definition) is 4. The molecule has 0 aliphatic carbocycles. The van der Waals surface area contributed by atoms with E-state index in [1.54, 1.807) is 0 Å². The first-order chi connectivity index (χ1) is 8.65. The van der Waals surface area contributed by atoms with Crippen LogP contribution >= 0.6 is 0 Å². The molecule has 1 N–H and O–H groups in total. The second-order valence-corrected chi connectivity index (χ2v) is 4.72. The summed E-state index contributed by atoms with van der Waals surface area (Å²) in [7, 11) is 2.01. The second kappa shape index (κ2) is 5.97. The average Bonchev–Trinajstić information content (AvgIpc) is 2.74. The van der Waals surface area contributed by atoms with Crippen molar-refractivity contribution in [3.8, 4) is 0 Å². The molecule has 6 heteroatoms. The zero-order chi connectivity index (χ0) is 13.0. The summed E-state index contributed by atoms with van der Waals surface area (Å²) in [4.78, 5) is 19.4. The fraction of sp³-hybridized carbons (Fsp3) is 0.667. The molecule has 100 valence electrons. The smallest absolute Gasteiger partial charge is 0.304 e. The molecule has 0 radical (unpaired) electrons. The Hall–Kier alpha value is -1.40. The number of imidazole rings is 1. The van der Waals surface area contributed by atoms with Crippen molar-refractivity contribution in [3.63, 3.8) is 0 Å². The minimum atomic E-state index is -0.717. The van der Waals surface area contributed by atoms with E-state index in [2.05, 4.69) is 14.8 Å². The van der Waals surface area contributed by atoms with Crippen LogP contribution < -0.4 is 0 Å². The highest BCUT2D eigenvalue weighted by atomic mass is 16.4. The van der Waals surface area contributed by atoms with E-state index in [0.717, 1.165) is 38.5 Å². The van der Waals surface area contributed by atoms with E-state index in [1.165, 1.54) is 0 Å². The van der Waals surface area contributed by atoms with Crippen molar-refractivity contribution in [2.75, 3.05) is 32.7 Å². The molecule has 0 unspecified atom stereocenters. The summed E-state index contributed by atoms with van der Waals surface area (Å²) in [6.45, 7) is 5.37. The molecule has 1 saturated heterocycles. The molecule has 0 spiro atoms. The molecule has 0 bridgehead atoms. The number of piperazine rings is 1. The number of aromatic nitrogens is 2. The topological polar surface area (TPSA) is 61.6 Å². The van der Waals surface area contributed by atoms with Gasteiger partial charge in [-0.1, -0.05) is 0 Å². The van der Waals surface area contributed by atoms with Gasteiger partial charge in [-0.3, -0.25) is 9.69 Å². The van der Waals surface area contributed by atoms with Crippen LogP contribution in [0.1, 0.15) is 12.2 Å². The first-order valence-electron chi connectivity index (χ1n) is 6.28. The lowest BCUT2D eigenvalue weighted by Gasteiger charge is -2.34. The highest BCUT2D eigenvalue weighted by Gasteiger charge is 2.18. The third-order valence-corrected chi connectivity index (χ3v) is 3.39. The van der Waals surface area contributed by atoms with Crippen molar-refractivity contribution < 1.29 is 9.90 Å². The van der Waals surface area contributed by atoms with Crippen molar-refractivity contribution in [3.05, 3.63) is 18.2 Å². The van der Waals surface area contributed by atoms with Gasteiger partial charge in [0, 0.05) is 52.2 Å². The zero-order valence-corrected chi connectivity index (χ0v) is 10.7. The van der Waals surface area contributed by atoms with E-state index in [1.807, 2.05) is 24.0 Å². The minimum Gasteiger partial charge on any atom is -0.481 e. The van der Waals surface area contributed by atoms with Crippen molar-refractivity contribution in [1.29, 1.82) is 0 Å². The predicted molar refractivity (Wildman–Crippen MR) is 67.2 cm³/mol. The van der Waals surface area contributed by atoms with Gasteiger partial charge in [0.15, 0.2) is 0 Å². The van der Waals surface area contributed by atoms with Crippen LogP contribution in [0.2, 0.25) is 0 Å². The molecular weight excluding hydrogens is 232 g/mol. The summed E-state index contributed by atoms with van der Waals surface area (Å²) in [6, 6.07) is 0. The number of carbonyl (C=O) groups is 1. The van der Waals surface area contributed by atoms with E-state index in [4.69, 9.17) is 5.11 Å². The second-order valence-electron chi connectivity index (χ2n) is 4.72. The third-order valence-electron chi connectivity index (χ3n) is 3.39. The maximum Gasteiger partial charge on any atom is 0.304 e. The van der Waals surface area contributed by atoms with Crippen LogP contribution in [0.5, 0.6) is 0 Å². The lowest BCUT2D eigenvalue weighted by Crippen LogP contribution is -2.46. The quantitative estimate of drug-likeness (QED) is 0.800. The van der Waals surface area contributed by atoms with Crippen LogP contribution in [0.4, 0.5) is 0 Å². The molecule has 0 atom stereocenters. The van der Waals surface area contributed by atoms with Gasteiger partial charge < -0.3 is 14.6 Å². The lowest BCUT2D eigenvalue weighted by molar-refractivity contribution is -0.137. The van der Waals surface area contributed by atoms with E-state index in [9.17, 15) is 4.79 Å². The molecule has 0 amide bonds. The summed E-state index contributed by atoms with van der Waals surface area (Å²) in [6.07, 6.45) is 4.01. The van der Waals surface area contributed by atoms with Crippen LogP contribution in [-0.2, 0) is 18.4 Å². The number of aliphatic carboxylic acids is 1. The minimum absolute atomic E-state index is 0.235. The first-order valence-corrected chi connectivity index (χ1v) is 6.28. The Kier molecular flexibility index (Phi) is 4.33. The molecule has 18 heavy (non-hydrogen) atoms. The third kappa shape index (κ3) is 3.54. The van der Waals surface area contributed by atoms with Crippen LogP contribution in [0.3, 0.4) is 0 Å². The van der Waals surface area contributed by atoms with E-state index in [0.29, 0.717) is 6.54 Å². The monoisotopic (exact) mass is 252 g/mol. The molecule has 2 heterocycles. The Bertz CT molecular complexity index is 397. The van der Waals surface area contributed by atoms with Crippen LogP contribution in [0, 0.1) is 0 Å². The molecule has 6 nitrogen and oxygen atoms in total. The Labute approximate surface area is 107 Å². The molecule has 0 saturated carbocycles. The zero-order valence-electron chi connectivity index (χ0n) is 10.7. The van der Waals surface area contributed by atoms with E-state index >= 15 is 0 Å². The SMILES string of the molecule is Cn1ccnc1CN1CCN(CCC(=O)O)CC1. The largest absolute Gasteiger partial charge is 0.481 e. The van der Waals surface area contributed by atoms with Gasteiger partial charge in [-0.25, -0.2) is 4.98 Å². The summed E-state index contributed by atoms with van der Waals surface area (Å²) in [5.41, 5.74) is 0. The fourth-order valence-electron chi connectivity index (χ4n) is 2.17. The number of aryl methyl sites for hydroxylation is 1. The Balaban J connectivity index is 1.73. The van der Waals surface area contributed by atoms with Gasteiger partial charge in [0.05, 0.1) is 13.0 Å². The summed E-state index contributed by atoms with van der Waals surface area (Å²) in [5.74, 6) is 0.361. The fourth-order valence-corrected chi connectivity index (χ4v) is 2.17. The molecule has 1 aliphatic rings. The van der Waals surface area contributed by atoms with Gasteiger partial charge in [0.2, 0.25) is 0 Å². The number of nitrogens with zero attached hydrogens (tertiary/aromatic N) is 4. The van der Waals surface area contributed by atoms with Crippen LogP contribution in [0.15, 0.2) is 12.4 Å². The maximum absolute atomic E-state index is 10.5. The van der Waals surface area contributed by atoms with E-state index < -0.39 is 5.97 Å². The average molecular weight is 252 g/mol. The number of rotatable bonds is 5. The molecule has 1 aliphatic heterocycles. The van der Waals surface area contributed by atoms with Gasteiger partial charge in [0.1, 0.15) is 5.82 Å². The molecule has 0 aromatic carbocycles. The highest BCUT2D eigenvalue weighted by Crippen LogP contribution is 2.07. The predicted octanol–water partition coefficient (Wildman–Crippen LogP) is 0.0124. The van der Waals surface area contributed by atoms with Crippen LogP contribution in [-0.4, -0.2) is 63.2 Å². The number of carboxylic acids is 1. The van der Waals surface area contributed by atoms with Crippen molar-refractivity contribution in [2.24, 2.45) is 7.05 Å². The van der Waals surface area contributed by atoms with Gasteiger partial charge in [-0.05, 0) is 0 Å². The number of hydrogen-bond donors (Lipinski definition) is 1. The normalized spacial score (nSPS) is 18.1. The summed E-state index contributed by atoms with van der Waals surface area (Å²) >= 11 is 0. The molecule has 1 aromatic heterocycles. The molecular formula is C12H20N4O2. The van der Waals surface area contributed by atoms with Gasteiger partial charge in [0.25, 0.3) is 0 Å².